The number of anilines is 2. The number of benzene rings is 2. The van der Waals surface area contributed by atoms with Crippen molar-refractivity contribution in [2.24, 2.45) is 5.92 Å². The van der Waals surface area contributed by atoms with E-state index in [9.17, 15) is 18.0 Å². The van der Waals surface area contributed by atoms with Crippen molar-refractivity contribution in [1.29, 1.82) is 0 Å². The van der Waals surface area contributed by atoms with Crippen LogP contribution in [0.3, 0.4) is 0 Å². The lowest BCUT2D eigenvalue weighted by atomic mass is 9.84. The number of halogens is 3. The average Bonchev–Trinajstić information content (AvgIpc) is 3.76. The number of aromatic amines is 1. The van der Waals surface area contributed by atoms with Gasteiger partial charge in [0.25, 0.3) is 0 Å². The highest BCUT2D eigenvalue weighted by molar-refractivity contribution is 5.84. The van der Waals surface area contributed by atoms with E-state index in [1.54, 1.807) is 12.4 Å². The zero-order valence-electron chi connectivity index (χ0n) is 28.8. The maximum absolute atomic E-state index is 13.8. The number of H-pyrrole nitrogens is 1. The number of hydrogen-bond donors (Lipinski definition) is 1. The van der Waals surface area contributed by atoms with Crippen molar-refractivity contribution in [2.45, 2.75) is 56.6 Å². The van der Waals surface area contributed by atoms with E-state index >= 15 is 0 Å². The van der Waals surface area contributed by atoms with Crippen molar-refractivity contribution >= 4 is 28.6 Å². The molecule has 9 rings (SSSR count). The van der Waals surface area contributed by atoms with Crippen LogP contribution in [0.2, 0.25) is 0 Å². The van der Waals surface area contributed by atoms with E-state index in [1.165, 1.54) is 4.90 Å². The molecule has 1 N–H and O–H groups in total. The summed E-state index contributed by atoms with van der Waals surface area (Å²) in [6.45, 7) is 9.51. The topological polar surface area (TPSA) is 90.1 Å². The van der Waals surface area contributed by atoms with Gasteiger partial charge in [0.2, 0.25) is 0 Å². The molecule has 3 fully saturated rings. The molecule has 1 spiro atoms. The molecule has 0 radical (unpaired) electrons. The molecule has 4 atom stereocenters. The van der Waals surface area contributed by atoms with Gasteiger partial charge in [-0.05, 0) is 74.1 Å². The molecule has 268 valence electrons. The second kappa shape index (κ2) is 12.2. The zero-order valence-corrected chi connectivity index (χ0v) is 28.8. The highest BCUT2D eigenvalue weighted by atomic mass is 19.4. The number of aldehydes is 1. The Hall–Kier alpha value is -4.20. The minimum absolute atomic E-state index is 0.177. The molecule has 0 bridgehead atoms. The number of pyridine rings is 1. The van der Waals surface area contributed by atoms with Crippen LogP contribution in [0.15, 0.2) is 48.8 Å². The molecule has 13 heteroatoms. The third kappa shape index (κ3) is 5.73. The van der Waals surface area contributed by atoms with E-state index in [2.05, 4.69) is 24.9 Å². The standard InChI is InChI=1S/C38H42F3N7O3/c1-23-11-30-29(5-7-32-31(30)14-43-44-32)35(48(23)22-38(39,40)41)33-6-4-27(13-42-33)46-20-37(21-46)12-25(18-51-37)15-45-9-10-47-28(16-45)19-50-36-24(2)26(17-49)3-8-34(36)47/h3-8,13-14,17,23,25,28,35H,9-12,15-16,18-22H2,1-2H3,(H,43,44)/t23-,25?,28-,35+/m1/s1. The Morgan fingerprint density at radius 3 is 2.73 bits per heavy atom. The number of ether oxygens (including phenoxy) is 2. The van der Waals surface area contributed by atoms with Crippen LogP contribution in [0.4, 0.5) is 24.5 Å². The van der Waals surface area contributed by atoms with Crippen LogP contribution in [0.25, 0.3) is 10.9 Å². The minimum atomic E-state index is -4.33. The van der Waals surface area contributed by atoms with E-state index in [-0.39, 0.29) is 17.7 Å². The highest BCUT2D eigenvalue weighted by Crippen LogP contribution is 2.44. The van der Waals surface area contributed by atoms with Gasteiger partial charge in [-0.15, -0.1) is 0 Å². The van der Waals surface area contributed by atoms with Crippen LogP contribution in [0.1, 0.15) is 52.1 Å². The molecule has 5 aliphatic rings. The summed E-state index contributed by atoms with van der Waals surface area (Å²) in [5.74, 6) is 1.28. The van der Waals surface area contributed by atoms with Crippen LogP contribution in [-0.2, 0) is 11.2 Å². The highest BCUT2D eigenvalue weighted by Gasteiger charge is 2.50. The van der Waals surface area contributed by atoms with Crippen LogP contribution < -0.4 is 14.5 Å². The van der Waals surface area contributed by atoms with Crippen LogP contribution in [0.5, 0.6) is 5.75 Å². The van der Waals surface area contributed by atoms with E-state index in [0.717, 1.165) is 103 Å². The lowest BCUT2D eigenvalue weighted by Crippen LogP contribution is -2.62. The number of carbonyl (C=O) groups excluding carboxylic acids is 1. The quantitative estimate of drug-likeness (QED) is 0.274. The van der Waals surface area contributed by atoms with E-state index in [0.29, 0.717) is 30.2 Å². The van der Waals surface area contributed by atoms with Gasteiger partial charge in [-0.25, -0.2) is 0 Å². The van der Waals surface area contributed by atoms with Crippen molar-refractivity contribution in [3.8, 4) is 5.75 Å². The first kappa shape index (κ1) is 32.7. The lowest BCUT2D eigenvalue weighted by Gasteiger charge is -2.49. The minimum Gasteiger partial charge on any atom is -0.489 e. The normalized spacial score (nSPS) is 26.1. The molecular formula is C38H42F3N7O3. The van der Waals surface area contributed by atoms with E-state index in [1.807, 2.05) is 50.2 Å². The summed E-state index contributed by atoms with van der Waals surface area (Å²) in [6.07, 6.45) is 1.64. The van der Waals surface area contributed by atoms with Gasteiger partial charge in [0.1, 0.15) is 24.2 Å². The summed E-state index contributed by atoms with van der Waals surface area (Å²) in [5.41, 5.74) is 6.83. The van der Waals surface area contributed by atoms with Gasteiger partial charge in [-0.3, -0.25) is 24.7 Å². The van der Waals surface area contributed by atoms with Crippen molar-refractivity contribution < 1.29 is 27.4 Å². The van der Waals surface area contributed by atoms with Crippen molar-refractivity contribution in [3.05, 3.63) is 76.7 Å². The van der Waals surface area contributed by atoms with Crippen LogP contribution >= 0.6 is 0 Å². The van der Waals surface area contributed by atoms with Crippen LogP contribution in [0, 0.1) is 12.8 Å². The third-order valence-corrected chi connectivity index (χ3v) is 11.9. The molecule has 0 saturated carbocycles. The molecular weight excluding hydrogens is 659 g/mol. The number of rotatable bonds is 6. The molecule has 2 aromatic carbocycles. The maximum Gasteiger partial charge on any atom is 0.401 e. The fourth-order valence-electron chi connectivity index (χ4n) is 9.38. The molecule has 10 nitrogen and oxygen atoms in total. The molecule has 51 heavy (non-hydrogen) atoms. The fourth-order valence-corrected chi connectivity index (χ4v) is 9.38. The summed E-state index contributed by atoms with van der Waals surface area (Å²) in [6, 6.07) is 10.9. The van der Waals surface area contributed by atoms with Gasteiger partial charge in [0.15, 0.2) is 0 Å². The second-order valence-electron chi connectivity index (χ2n) is 15.2. The first-order valence-corrected chi connectivity index (χ1v) is 17.9. The average molecular weight is 702 g/mol. The summed E-state index contributed by atoms with van der Waals surface area (Å²) < 4.78 is 54.2. The zero-order chi connectivity index (χ0) is 35.1. The largest absolute Gasteiger partial charge is 0.489 e. The van der Waals surface area contributed by atoms with Crippen LogP contribution in [-0.4, -0.2) is 114 Å². The first-order valence-electron chi connectivity index (χ1n) is 17.9. The van der Waals surface area contributed by atoms with Gasteiger partial charge in [0, 0.05) is 61.8 Å². The number of aromatic nitrogens is 3. The summed E-state index contributed by atoms with van der Waals surface area (Å²) in [5, 5.41) is 8.13. The molecule has 3 saturated heterocycles. The molecule has 1 unspecified atom stereocenters. The molecule has 0 aliphatic carbocycles. The second-order valence-corrected chi connectivity index (χ2v) is 15.2. The number of hydrogen-bond acceptors (Lipinski definition) is 9. The monoisotopic (exact) mass is 701 g/mol. The van der Waals surface area contributed by atoms with Gasteiger partial charge in [-0.2, -0.15) is 18.3 Å². The van der Waals surface area contributed by atoms with Crippen molar-refractivity contribution in [1.82, 2.24) is 25.0 Å². The molecule has 7 heterocycles. The molecule has 2 aromatic heterocycles. The smallest absolute Gasteiger partial charge is 0.401 e. The predicted octanol–water partition coefficient (Wildman–Crippen LogP) is 5.16. The Morgan fingerprint density at radius 2 is 1.94 bits per heavy atom. The summed E-state index contributed by atoms with van der Waals surface area (Å²) in [7, 11) is 0. The number of piperazine rings is 1. The van der Waals surface area contributed by atoms with Gasteiger partial charge in [-0.1, -0.05) is 6.07 Å². The van der Waals surface area contributed by atoms with Crippen molar-refractivity contribution in [3.63, 3.8) is 0 Å². The van der Waals surface area contributed by atoms with E-state index < -0.39 is 18.8 Å². The molecule has 0 amide bonds. The Bertz CT molecular complexity index is 1960. The Kier molecular flexibility index (Phi) is 7.82. The lowest BCUT2D eigenvalue weighted by molar-refractivity contribution is -0.155. The summed E-state index contributed by atoms with van der Waals surface area (Å²) >= 11 is 0. The van der Waals surface area contributed by atoms with Gasteiger partial charge >= 0.3 is 6.18 Å². The predicted molar refractivity (Wildman–Crippen MR) is 187 cm³/mol. The number of alkyl halides is 3. The molecule has 4 aromatic rings. The summed E-state index contributed by atoms with van der Waals surface area (Å²) in [4.78, 5) is 25.0. The maximum atomic E-state index is 13.8. The number of nitrogens with zero attached hydrogens (tertiary/aromatic N) is 6. The Labute approximate surface area is 294 Å². The van der Waals surface area contributed by atoms with E-state index in [4.69, 9.17) is 14.5 Å². The van der Waals surface area contributed by atoms with Gasteiger partial charge in [0.05, 0.1) is 60.2 Å². The fraction of sp³-hybridized carbons (Fsp3) is 0.500. The number of carbonyl (C=O) groups is 1. The first-order chi connectivity index (χ1) is 24.6. The van der Waals surface area contributed by atoms with Crippen molar-refractivity contribution in [2.75, 3.05) is 68.8 Å². The number of fused-ring (bicyclic) bond motifs is 6. The molecule has 5 aliphatic heterocycles. The Balaban J connectivity index is 0.842. The third-order valence-electron chi connectivity index (χ3n) is 11.9. The number of nitrogens with one attached hydrogen (secondary N) is 1. The SMILES string of the molecule is Cc1c(C=O)ccc2c1OC[C@H]1CN(CC3COC4(C3)CN(c3ccc([C@@H]5c6ccc7[nH]ncc7c6C[C@@H](C)N5CC(F)(F)F)nc3)C4)CCN21. The Morgan fingerprint density at radius 1 is 1.08 bits per heavy atom. The van der Waals surface area contributed by atoms with Gasteiger partial charge < -0.3 is 19.3 Å².